The molecule has 1 saturated heterocycles. The third kappa shape index (κ3) is 6.82. The largest absolute Gasteiger partial charge is 0.490 e. The van der Waals surface area contributed by atoms with Gasteiger partial charge < -0.3 is 19.7 Å². The molecule has 2 amide bonds. The molecule has 1 aliphatic rings. The number of piperazine rings is 1. The molecule has 33 heavy (non-hydrogen) atoms. The highest BCUT2D eigenvalue weighted by molar-refractivity contribution is 6.32. The third-order valence-electron chi connectivity index (χ3n) is 5.16. The summed E-state index contributed by atoms with van der Waals surface area (Å²) in [6.07, 6.45) is 0.828. The van der Waals surface area contributed by atoms with Crippen molar-refractivity contribution >= 4 is 29.1 Å². The van der Waals surface area contributed by atoms with E-state index >= 15 is 0 Å². The zero-order valence-corrected chi connectivity index (χ0v) is 19.7. The van der Waals surface area contributed by atoms with Crippen molar-refractivity contribution in [3.05, 3.63) is 52.8 Å². The second-order valence-corrected chi connectivity index (χ2v) is 8.10. The second-order valence-electron chi connectivity index (χ2n) is 7.69. The van der Waals surface area contributed by atoms with Gasteiger partial charge in [0.15, 0.2) is 11.5 Å². The van der Waals surface area contributed by atoms with E-state index in [0.29, 0.717) is 67.2 Å². The fourth-order valence-electron chi connectivity index (χ4n) is 3.53. The number of amides is 2. The summed E-state index contributed by atoms with van der Waals surface area (Å²) in [4.78, 5) is 29.1. The van der Waals surface area contributed by atoms with Crippen LogP contribution in [0.5, 0.6) is 11.5 Å². The van der Waals surface area contributed by atoms with E-state index in [1.807, 2.05) is 18.7 Å². The van der Waals surface area contributed by atoms with E-state index in [9.17, 15) is 14.0 Å². The minimum Gasteiger partial charge on any atom is -0.490 e. The normalized spacial score (nSPS) is 14.1. The van der Waals surface area contributed by atoms with Gasteiger partial charge in [0, 0.05) is 37.4 Å². The molecule has 0 bridgehead atoms. The molecule has 0 radical (unpaired) electrons. The smallest absolute Gasteiger partial charge is 0.254 e. The average molecular weight is 478 g/mol. The maximum Gasteiger partial charge on any atom is 0.254 e. The third-order valence-corrected chi connectivity index (χ3v) is 5.44. The molecule has 0 unspecified atom stereocenters. The van der Waals surface area contributed by atoms with Crippen LogP contribution in [0.15, 0.2) is 36.4 Å². The van der Waals surface area contributed by atoms with Crippen LogP contribution in [0.4, 0.5) is 10.1 Å². The number of rotatable bonds is 9. The Kier molecular flexibility index (Phi) is 8.91. The lowest BCUT2D eigenvalue weighted by Crippen LogP contribution is -2.50. The van der Waals surface area contributed by atoms with Crippen LogP contribution < -0.4 is 14.8 Å². The molecule has 0 spiro atoms. The van der Waals surface area contributed by atoms with Gasteiger partial charge in [-0.05, 0) is 49.7 Å². The number of anilines is 1. The Labute approximate surface area is 198 Å². The van der Waals surface area contributed by atoms with Crippen LogP contribution in [-0.4, -0.2) is 67.6 Å². The highest BCUT2D eigenvalue weighted by atomic mass is 35.5. The van der Waals surface area contributed by atoms with Crippen molar-refractivity contribution in [2.75, 3.05) is 51.3 Å². The van der Waals surface area contributed by atoms with Crippen LogP contribution >= 0.6 is 11.6 Å². The highest BCUT2D eigenvalue weighted by Gasteiger charge is 2.25. The molecular weight excluding hydrogens is 449 g/mol. The second kappa shape index (κ2) is 11.9. The minimum atomic E-state index is -0.355. The molecule has 1 heterocycles. The van der Waals surface area contributed by atoms with E-state index in [4.69, 9.17) is 21.1 Å². The maximum absolute atomic E-state index is 13.1. The summed E-state index contributed by atoms with van der Waals surface area (Å²) >= 11 is 6.40. The first-order valence-electron chi connectivity index (χ1n) is 11.1. The lowest BCUT2D eigenvalue weighted by Gasteiger charge is -2.34. The Morgan fingerprint density at radius 1 is 1.06 bits per heavy atom. The van der Waals surface area contributed by atoms with Crippen LogP contribution in [-0.2, 0) is 4.79 Å². The van der Waals surface area contributed by atoms with Gasteiger partial charge in [0.2, 0.25) is 5.91 Å². The van der Waals surface area contributed by atoms with Crippen molar-refractivity contribution in [2.45, 2.75) is 20.3 Å². The van der Waals surface area contributed by atoms with Gasteiger partial charge in [-0.3, -0.25) is 14.5 Å². The lowest BCUT2D eigenvalue weighted by molar-refractivity contribution is -0.117. The Morgan fingerprint density at radius 2 is 1.76 bits per heavy atom. The van der Waals surface area contributed by atoms with Crippen LogP contribution in [0.3, 0.4) is 0 Å². The van der Waals surface area contributed by atoms with Gasteiger partial charge in [0.05, 0.1) is 24.8 Å². The van der Waals surface area contributed by atoms with E-state index in [1.165, 1.54) is 24.3 Å². The quantitative estimate of drug-likeness (QED) is 0.589. The number of nitrogens with one attached hydrogen (secondary N) is 1. The standard InChI is InChI=1S/C24H29ClFN3O4/c1-3-13-33-23-20(25)14-17(15-21(23)32-4-2)24(31)29-11-9-28(10-12-29)16-22(30)27-19-7-5-18(26)6-8-19/h5-8,14-15H,3-4,9-13,16H2,1-2H3,(H,27,30). The minimum absolute atomic E-state index is 0.143. The fraction of sp³-hybridized carbons (Fsp3) is 0.417. The van der Waals surface area contributed by atoms with Gasteiger partial charge in [0.1, 0.15) is 5.82 Å². The molecule has 7 nitrogen and oxygen atoms in total. The van der Waals surface area contributed by atoms with E-state index in [-0.39, 0.29) is 24.2 Å². The van der Waals surface area contributed by atoms with E-state index in [1.54, 1.807) is 17.0 Å². The van der Waals surface area contributed by atoms with E-state index in [2.05, 4.69) is 5.32 Å². The van der Waals surface area contributed by atoms with Crippen molar-refractivity contribution in [3.8, 4) is 11.5 Å². The SMILES string of the molecule is CCCOc1c(Cl)cc(C(=O)N2CCN(CC(=O)Nc3ccc(F)cc3)CC2)cc1OCC. The summed E-state index contributed by atoms with van der Waals surface area (Å²) in [7, 11) is 0. The van der Waals surface area contributed by atoms with Gasteiger partial charge in [-0.1, -0.05) is 18.5 Å². The fourth-order valence-corrected chi connectivity index (χ4v) is 3.79. The Morgan fingerprint density at radius 3 is 2.39 bits per heavy atom. The molecule has 0 aromatic heterocycles. The lowest BCUT2D eigenvalue weighted by atomic mass is 10.1. The zero-order valence-electron chi connectivity index (χ0n) is 18.9. The van der Waals surface area contributed by atoms with Crippen molar-refractivity contribution in [3.63, 3.8) is 0 Å². The zero-order chi connectivity index (χ0) is 23.8. The molecule has 0 atom stereocenters. The summed E-state index contributed by atoms with van der Waals surface area (Å²) in [6.45, 7) is 7.08. The highest BCUT2D eigenvalue weighted by Crippen LogP contribution is 2.37. The number of ether oxygens (including phenoxy) is 2. The first kappa shape index (κ1) is 24.8. The maximum atomic E-state index is 13.1. The number of hydrogen-bond donors (Lipinski definition) is 1. The first-order valence-corrected chi connectivity index (χ1v) is 11.4. The summed E-state index contributed by atoms with van der Waals surface area (Å²) < 4.78 is 24.4. The molecule has 0 aliphatic carbocycles. The average Bonchev–Trinajstić information content (AvgIpc) is 2.80. The van der Waals surface area contributed by atoms with Crippen molar-refractivity contribution in [2.24, 2.45) is 0 Å². The first-order chi connectivity index (χ1) is 15.9. The van der Waals surface area contributed by atoms with Crippen molar-refractivity contribution in [1.82, 2.24) is 9.80 Å². The van der Waals surface area contributed by atoms with Crippen LogP contribution in [0.25, 0.3) is 0 Å². The molecule has 9 heteroatoms. The predicted molar refractivity (Wildman–Crippen MR) is 126 cm³/mol. The van der Waals surface area contributed by atoms with Crippen molar-refractivity contribution in [1.29, 1.82) is 0 Å². The molecule has 178 valence electrons. The van der Waals surface area contributed by atoms with Crippen LogP contribution in [0.1, 0.15) is 30.6 Å². The number of halogens is 2. The van der Waals surface area contributed by atoms with Gasteiger partial charge in [-0.2, -0.15) is 0 Å². The van der Waals surface area contributed by atoms with Crippen LogP contribution in [0, 0.1) is 5.82 Å². The Bertz CT molecular complexity index is 963. The number of hydrogen-bond acceptors (Lipinski definition) is 5. The van der Waals surface area contributed by atoms with E-state index in [0.717, 1.165) is 6.42 Å². The Balaban J connectivity index is 1.57. The van der Waals surface area contributed by atoms with Gasteiger partial charge in [-0.25, -0.2) is 4.39 Å². The molecule has 3 rings (SSSR count). The molecule has 1 fully saturated rings. The summed E-state index contributed by atoms with van der Waals surface area (Å²) in [6, 6.07) is 8.91. The van der Waals surface area contributed by atoms with Gasteiger partial charge >= 0.3 is 0 Å². The van der Waals surface area contributed by atoms with Crippen LogP contribution in [0.2, 0.25) is 5.02 Å². The topological polar surface area (TPSA) is 71.1 Å². The molecule has 1 aliphatic heterocycles. The summed E-state index contributed by atoms with van der Waals surface area (Å²) in [5.74, 6) is 0.228. The van der Waals surface area contributed by atoms with Gasteiger partial charge in [-0.15, -0.1) is 0 Å². The van der Waals surface area contributed by atoms with Gasteiger partial charge in [0.25, 0.3) is 5.91 Å². The summed E-state index contributed by atoms with van der Waals surface area (Å²) in [5.41, 5.74) is 0.985. The number of carbonyl (C=O) groups excluding carboxylic acids is 2. The van der Waals surface area contributed by atoms with Crippen molar-refractivity contribution < 1.29 is 23.5 Å². The molecule has 2 aromatic rings. The number of nitrogens with zero attached hydrogens (tertiary/aromatic N) is 2. The Hall–Kier alpha value is -2.84. The monoisotopic (exact) mass is 477 g/mol. The summed E-state index contributed by atoms with van der Waals surface area (Å²) in [5, 5.41) is 3.09. The molecule has 2 aromatic carbocycles. The number of benzene rings is 2. The molecular formula is C24H29ClFN3O4. The molecule has 0 saturated carbocycles. The van der Waals surface area contributed by atoms with E-state index < -0.39 is 0 Å². The predicted octanol–water partition coefficient (Wildman–Crippen LogP) is 4.06. The molecule has 1 N–H and O–H groups in total. The number of carbonyl (C=O) groups is 2.